The van der Waals surface area contributed by atoms with Crippen LogP contribution in [0, 0.1) is 11.8 Å². The number of alkyl halides is 3. The summed E-state index contributed by atoms with van der Waals surface area (Å²) in [5.74, 6) is -2.55. The first-order chi connectivity index (χ1) is 12.1. The second kappa shape index (κ2) is 6.57. The molecule has 1 aliphatic heterocycles. The van der Waals surface area contributed by atoms with Crippen LogP contribution in [0.2, 0.25) is 0 Å². The molecule has 0 radical (unpaired) electrons. The molecule has 3 rings (SSSR count). The van der Waals surface area contributed by atoms with E-state index in [0.29, 0.717) is 6.42 Å². The number of hydrogen-bond donors (Lipinski definition) is 2. The Labute approximate surface area is 148 Å². The summed E-state index contributed by atoms with van der Waals surface area (Å²) in [5, 5.41) is 4.84. The van der Waals surface area contributed by atoms with E-state index in [1.54, 1.807) is 0 Å². The Morgan fingerprint density at radius 3 is 2.35 bits per heavy atom. The van der Waals surface area contributed by atoms with E-state index in [1.807, 2.05) is 0 Å². The van der Waals surface area contributed by atoms with Crippen molar-refractivity contribution in [2.75, 3.05) is 16.8 Å². The number of anilines is 1. The van der Waals surface area contributed by atoms with Crippen LogP contribution < -0.4 is 10.6 Å². The van der Waals surface area contributed by atoms with Gasteiger partial charge in [-0.25, -0.2) is 8.42 Å². The topological polar surface area (TPSA) is 92.3 Å². The molecule has 26 heavy (non-hydrogen) atoms. The Morgan fingerprint density at radius 2 is 1.73 bits per heavy atom. The largest absolute Gasteiger partial charge is 0.418 e. The molecule has 1 heterocycles. The number of halogens is 3. The molecule has 1 saturated heterocycles. The second-order valence-corrected chi connectivity index (χ2v) is 8.82. The van der Waals surface area contributed by atoms with Gasteiger partial charge in [-0.3, -0.25) is 9.59 Å². The van der Waals surface area contributed by atoms with Gasteiger partial charge in [-0.2, -0.15) is 13.2 Å². The minimum atomic E-state index is -4.60. The molecule has 3 unspecified atom stereocenters. The van der Waals surface area contributed by atoms with E-state index in [-0.39, 0.29) is 23.6 Å². The first kappa shape index (κ1) is 18.7. The number of sulfone groups is 1. The maximum Gasteiger partial charge on any atom is 0.418 e. The van der Waals surface area contributed by atoms with E-state index in [9.17, 15) is 31.2 Å². The van der Waals surface area contributed by atoms with Crippen LogP contribution in [0.1, 0.15) is 18.4 Å². The van der Waals surface area contributed by atoms with E-state index in [1.165, 1.54) is 12.1 Å². The Hall–Kier alpha value is -2.10. The van der Waals surface area contributed by atoms with Crippen molar-refractivity contribution in [1.29, 1.82) is 0 Å². The maximum absolute atomic E-state index is 12.9. The van der Waals surface area contributed by atoms with Gasteiger partial charge in [0.05, 0.1) is 34.6 Å². The van der Waals surface area contributed by atoms with Gasteiger partial charge in [0.25, 0.3) is 0 Å². The van der Waals surface area contributed by atoms with Crippen LogP contribution in [-0.4, -0.2) is 37.8 Å². The average Bonchev–Trinajstić information content (AvgIpc) is 3.26. The van der Waals surface area contributed by atoms with Gasteiger partial charge in [-0.05, 0) is 25.0 Å². The lowest BCUT2D eigenvalue weighted by Crippen LogP contribution is -2.37. The summed E-state index contributed by atoms with van der Waals surface area (Å²) < 4.78 is 61.6. The number of carbonyl (C=O) groups is 2. The number of nitrogens with one attached hydrogen (secondary N) is 2. The van der Waals surface area contributed by atoms with Crippen molar-refractivity contribution in [2.45, 2.75) is 25.1 Å². The standard InChI is InChI=1S/C16H17F3N2O4S/c17-16(18,19)12-3-1-2-4-13(12)21-15(23)11-7-10(11)14(22)20-9-5-6-26(24,25)8-9/h1-4,9-11H,5-8H2,(H,20,22)(H,21,23). The Kier molecular flexibility index (Phi) is 4.72. The van der Waals surface area contributed by atoms with Gasteiger partial charge in [0.1, 0.15) is 0 Å². The number of para-hydroxylation sites is 1. The molecule has 2 amide bonds. The van der Waals surface area contributed by atoms with Gasteiger partial charge < -0.3 is 10.6 Å². The molecular formula is C16H17F3N2O4S. The zero-order valence-corrected chi connectivity index (χ0v) is 14.4. The number of carbonyl (C=O) groups excluding carboxylic acids is 2. The molecule has 2 fully saturated rings. The van der Waals surface area contributed by atoms with Crippen molar-refractivity contribution in [3.63, 3.8) is 0 Å². The zero-order valence-electron chi connectivity index (χ0n) is 13.5. The third kappa shape index (κ3) is 4.17. The number of benzene rings is 1. The molecular weight excluding hydrogens is 373 g/mol. The predicted molar refractivity (Wildman–Crippen MR) is 86.9 cm³/mol. The van der Waals surface area contributed by atoms with Crippen molar-refractivity contribution in [1.82, 2.24) is 5.32 Å². The summed E-state index contributed by atoms with van der Waals surface area (Å²) in [6, 6.07) is 4.15. The first-order valence-corrected chi connectivity index (χ1v) is 9.87. The van der Waals surface area contributed by atoms with Crippen LogP contribution in [0.3, 0.4) is 0 Å². The highest BCUT2D eigenvalue weighted by Gasteiger charge is 2.49. The quantitative estimate of drug-likeness (QED) is 0.817. The third-order valence-electron chi connectivity index (χ3n) is 4.53. The maximum atomic E-state index is 12.9. The van der Waals surface area contributed by atoms with Crippen LogP contribution in [0.4, 0.5) is 18.9 Å². The smallest absolute Gasteiger partial charge is 0.352 e. The SMILES string of the molecule is O=C(Nc1ccccc1C(F)(F)F)C1CC1C(=O)NC1CCS(=O)(=O)C1. The molecule has 0 aromatic heterocycles. The van der Waals surface area contributed by atoms with Gasteiger partial charge in [0.2, 0.25) is 11.8 Å². The van der Waals surface area contributed by atoms with Gasteiger partial charge in [-0.1, -0.05) is 12.1 Å². The molecule has 10 heteroatoms. The van der Waals surface area contributed by atoms with Gasteiger partial charge >= 0.3 is 6.18 Å². The number of hydrogen-bond acceptors (Lipinski definition) is 4. The molecule has 3 atom stereocenters. The normalized spacial score (nSPS) is 27.0. The Bertz CT molecular complexity index is 838. The molecule has 2 N–H and O–H groups in total. The van der Waals surface area contributed by atoms with Crippen molar-refractivity contribution >= 4 is 27.3 Å². The van der Waals surface area contributed by atoms with E-state index in [0.717, 1.165) is 12.1 Å². The molecule has 2 aliphatic rings. The van der Waals surface area contributed by atoms with E-state index >= 15 is 0 Å². The van der Waals surface area contributed by atoms with Crippen LogP contribution in [-0.2, 0) is 25.6 Å². The van der Waals surface area contributed by atoms with E-state index < -0.39 is 51.3 Å². The summed E-state index contributed by atoms with van der Waals surface area (Å²) in [4.78, 5) is 24.3. The lowest BCUT2D eigenvalue weighted by molar-refractivity contribution is -0.137. The first-order valence-electron chi connectivity index (χ1n) is 8.05. The fourth-order valence-corrected chi connectivity index (χ4v) is 4.73. The Morgan fingerprint density at radius 1 is 1.08 bits per heavy atom. The highest BCUT2D eigenvalue weighted by Crippen LogP contribution is 2.41. The van der Waals surface area contributed by atoms with Gasteiger partial charge in [0, 0.05) is 6.04 Å². The third-order valence-corrected chi connectivity index (χ3v) is 6.30. The predicted octanol–water partition coefficient (Wildman–Crippen LogP) is 1.58. The van der Waals surface area contributed by atoms with Crippen LogP contribution in [0.15, 0.2) is 24.3 Å². The van der Waals surface area contributed by atoms with Crippen molar-refractivity contribution in [2.24, 2.45) is 11.8 Å². The molecule has 6 nitrogen and oxygen atoms in total. The van der Waals surface area contributed by atoms with Crippen LogP contribution in [0.5, 0.6) is 0 Å². The highest BCUT2D eigenvalue weighted by atomic mass is 32.2. The highest BCUT2D eigenvalue weighted by molar-refractivity contribution is 7.91. The molecule has 1 aliphatic carbocycles. The monoisotopic (exact) mass is 390 g/mol. The number of rotatable bonds is 4. The minimum absolute atomic E-state index is 0.0146. The molecule has 1 aromatic rings. The van der Waals surface area contributed by atoms with Crippen molar-refractivity contribution in [3.05, 3.63) is 29.8 Å². The van der Waals surface area contributed by atoms with E-state index in [4.69, 9.17) is 0 Å². The average molecular weight is 390 g/mol. The van der Waals surface area contributed by atoms with Crippen LogP contribution >= 0.6 is 0 Å². The molecule has 1 aromatic carbocycles. The lowest BCUT2D eigenvalue weighted by Gasteiger charge is -2.14. The molecule has 0 bridgehead atoms. The lowest BCUT2D eigenvalue weighted by atomic mass is 10.1. The summed E-state index contributed by atoms with van der Waals surface area (Å²) in [7, 11) is -3.14. The second-order valence-electron chi connectivity index (χ2n) is 6.59. The summed E-state index contributed by atoms with van der Waals surface area (Å²) >= 11 is 0. The van der Waals surface area contributed by atoms with Crippen molar-refractivity contribution < 1.29 is 31.2 Å². The minimum Gasteiger partial charge on any atom is -0.352 e. The Balaban J connectivity index is 1.57. The number of amides is 2. The molecule has 1 saturated carbocycles. The van der Waals surface area contributed by atoms with Crippen molar-refractivity contribution in [3.8, 4) is 0 Å². The fourth-order valence-electron chi connectivity index (χ4n) is 3.06. The van der Waals surface area contributed by atoms with E-state index in [2.05, 4.69) is 10.6 Å². The fraction of sp³-hybridized carbons (Fsp3) is 0.500. The van der Waals surface area contributed by atoms with Gasteiger partial charge in [-0.15, -0.1) is 0 Å². The summed E-state index contributed by atoms with van der Waals surface area (Å²) in [5.41, 5.74) is -1.30. The molecule has 142 valence electrons. The van der Waals surface area contributed by atoms with Gasteiger partial charge in [0.15, 0.2) is 9.84 Å². The zero-order chi connectivity index (χ0) is 19.1. The summed E-state index contributed by atoms with van der Waals surface area (Å²) in [6.45, 7) is 0. The summed E-state index contributed by atoms with van der Waals surface area (Å²) in [6.07, 6.45) is -4.04. The molecule has 0 spiro atoms. The van der Waals surface area contributed by atoms with Crippen LogP contribution in [0.25, 0.3) is 0 Å².